The molecule has 0 bridgehead atoms. The molecule has 1 atom stereocenters. The average Bonchev–Trinajstić information content (AvgIpc) is 2.31. The van der Waals surface area contributed by atoms with Crippen molar-refractivity contribution in [2.45, 2.75) is 32.6 Å². The van der Waals surface area contributed by atoms with Crippen LogP contribution in [0.25, 0.3) is 0 Å². The molecule has 0 fully saturated rings. The summed E-state index contributed by atoms with van der Waals surface area (Å²) < 4.78 is 24.5. The van der Waals surface area contributed by atoms with Crippen molar-refractivity contribution in [1.82, 2.24) is 5.32 Å². The Labute approximate surface area is 121 Å². The van der Waals surface area contributed by atoms with E-state index in [-0.39, 0.29) is 23.5 Å². The molecule has 0 aliphatic heterocycles. The largest absolute Gasteiger partial charge is 0.313 e. The van der Waals surface area contributed by atoms with Crippen LogP contribution in [0.5, 0.6) is 0 Å². The average molecular weight is 304 g/mol. The molecule has 0 aliphatic rings. The van der Waals surface area contributed by atoms with Crippen LogP contribution in [0.3, 0.4) is 0 Å². The Hall–Kier alpha value is -0.580. The lowest BCUT2D eigenvalue weighted by atomic mass is 10.1. The molecule has 1 unspecified atom stereocenters. The molecule has 0 aliphatic carbocycles. The predicted octanol–water partition coefficient (Wildman–Crippen LogP) is 2.89. The van der Waals surface area contributed by atoms with Gasteiger partial charge in [0.15, 0.2) is 9.84 Å². The molecule has 0 spiro atoms. The van der Waals surface area contributed by atoms with Crippen LogP contribution in [-0.2, 0) is 15.6 Å². The van der Waals surface area contributed by atoms with E-state index in [9.17, 15) is 8.42 Å². The summed E-state index contributed by atoms with van der Waals surface area (Å²) in [6.45, 7) is 6.80. The van der Waals surface area contributed by atoms with Crippen LogP contribution >= 0.6 is 11.6 Å². The monoisotopic (exact) mass is 303 g/mol. The highest BCUT2D eigenvalue weighted by atomic mass is 35.5. The van der Waals surface area contributed by atoms with Gasteiger partial charge in [-0.2, -0.15) is 0 Å². The minimum atomic E-state index is -3.17. The van der Waals surface area contributed by atoms with E-state index < -0.39 is 9.84 Å². The molecule has 1 aromatic carbocycles. The van der Waals surface area contributed by atoms with Crippen molar-refractivity contribution >= 4 is 21.4 Å². The number of hydrogen-bond acceptors (Lipinski definition) is 3. The first-order valence-corrected chi connectivity index (χ1v) is 8.73. The summed E-state index contributed by atoms with van der Waals surface area (Å²) in [6.07, 6.45) is 0. The van der Waals surface area contributed by atoms with Crippen molar-refractivity contribution in [3.63, 3.8) is 0 Å². The summed E-state index contributed by atoms with van der Waals surface area (Å²) in [4.78, 5) is 0. The minimum Gasteiger partial charge on any atom is -0.313 e. The molecule has 1 N–H and O–H groups in total. The topological polar surface area (TPSA) is 46.2 Å². The molecule has 0 saturated carbocycles. The standard InChI is InChI=1S/C14H22ClNO2S/c1-4-16-14(11(2)3)10-19(17,18)9-12-7-5-6-8-13(12)15/h5-8,11,14,16H,4,9-10H2,1-3H3. The van der Waals surface area contributed by atoms with E-state index in [1.807, 2.05) is 20.8 Å². The fourth-order valence-corrected chi connectivity index (χ4v) is 4.11. The third-order valence-corrected chi connectivity index (χ3v) is 5.02. The van der Waals surface area contributed by atoms with Gasteiger partial charge >= 0.3 is 0 Å². The molecule has 0 saturated heterocycles. The van der Waals surface area contributed by atoms with Crippen molar-refractivity contribution in [2.24, 2.45) is 5.92 Å². The van der Waals surface area contributed by atoms with Crippen molar-refractivity contribution in [2.75, 3.05) is 12.3 Å². The first kappa shape index (κ1) is 16.5. The van der Waals surface area contributed by atoms with Crippen LogP contribution < -0.4 is 5.32 Å². The Kier molecular flexibility index (Phi) is 6.30. The first-order valence-electron chi connectivity index (χ1n) is 6.53. The van der Waals surface area contributed by atoms with Gasteiger partial charge < -0.3 is 5.32 Å². The Bertz CT molecular complexity index is 500. The quantitative estimate of drug-likeness (QED) is 0.842. The molecule has 0 amide bonds. The Morgan fingerprint density at radius 2 is 1.89 bits per heavy atom. The number of hydrogen-bond donors (Lipinski definition) is 1. The molecule has 0 heterocycles. The lowest BCUT2D eigenvalue weighted by molar-refractivity contribution is 0.434. The van der Waals surface area contributed by atoms with Gasteiger partial charge in [0.1, 0.15) is 0 Å². The van der Waals surface area contributed by atoms with Gasteiger partial charge in [0.05, 0.1) is 11.5 Å². The SMILES string of the molecule is CCNC(CS(=O)(=O)Cc1ccccc1Cl)C(C)C. The minimum absolute atomic E-state index is 0.00128. The van der Waals surface area contributed by atoms with Gasteiger partial charge in [0, 0.05) is 11.1 Å². The first-order chi connectivity index (χ1) is 8.85. The maximum atomic E-state index is 12.2. The van der Waals surface area contributed by atoms with Crippen LogP contribution in [-0.4, -0.2) is 26.8 Å². The van der Waals surface area contributed by atoms with E-state index in [2.05, 4.69) is 5.32 Å². The summed E-state index contributed by atoms with van der Waals surface area (Å²) in [5.41, 5.74) is 0.670. The van der Waals surface area contributed by atoms with Crippen LogP contribution in [0.1, 0.15) is 26.3 Å². The van der Waals surface area contributed by atoms with Crippen LogP contribution in [0, 0.1) is 5.92 Å². The van der Waals surface area contributed by atoms with Gasteiger partial charge in [-0.1, -0.05) is 50.6 Å². The van der Waals surface area contributed by atoms with Gasteiger partial charge in [-0.25, -0.2) is 8.42 Å². The highest BCUT2D eigenvalue weighted by Gasteiger charge is 2.22. The molecule has 5 heteroatoms. The number of halogens is 1. The smallest absolute Gasteiger partial charge is 0.156 e. The maximum absolute atomic E-state index is 12.2. The Balaban J connectivity index is 2.79. The van der Waals surface area contributed by atoms with Crippen LogP contribution in [0.2, 0.25) is 5.02 Å². The fraction of sp³-hybridized carbons (Fsp3) is 0.571. The molecule has 108 valence electrons. The van der Waals surface area contributed by atoms with Crippen molar-refractivity contribution in [3.05, 3.63) is 34.9 Å². The van der Waals surface area contributed by atoms with E-state index in [0.29, 0.717) is 10.6 Å². The second kappa shape index (κ2) is 7.27. The van der Waals surface area contributed by atoms with E-state index in [1.165, 1.54) is 0 Å². The molecule has 3 nitrogen and oxygen atoms in total. The number of rotatable bonds is 7. The van der Waals surface area contributed by atoms with Crippen LogP contribution in [0.4, 0.5) is 0 Å². The summed E-state index contributed by atoms with van der Waals surface area (Å²) in [7, 11) is -3.17. The Morgan fingerprint density at radius 1 is 1.26 bits per heavy atom. The van der Waals surface area contributed by atoms with Gasteiger partial charge in [-0.3, -0.25) is 0 Å². The zero-order valence-corrected chi connectivity index (χ0v) is 13.3. The number of sulfone groups is 1. The Morgan fingerprint density at radius 3 is 2.42 bits per heavy atom. The van der Waals surface area contributed by atoms with Gasteiger partial charge in [-0.15, -0.1) is 0 Å². The van der Waals surface area contributed by atoms with Crippen molar-refractivity contribution < 1.29 is 8.42 Å². The highest BCUT2D eigenvalue weighted by Crippen LogP contribution is 2.19. The molecule has 1 aromatic rings. The van der Waals surface area contributed by atoms with Gasteiger partial charge in [0.25, 0.3) is 0 Å². The second-order valence-electron chi connectivity index (χ2n) is 5.05. The molecule has 19 heavy (non-hydrogen) atoms. The second-order valence-corrected chi connectivity index (χ2v) is 7.57. The lowest BCUT2D eigenvalue weighted by Crippen LogP contribution is -2.40. The zero-order valence-electron chi connectivity index (χ0n) is 11.7. The molecule has 1 rings (SSSR count). The third-order valence-electron chi connectivity index (χ3n) is 3.04. The lowest BCUT2D eigenvalue weighted by Gasteiger charge is -2.21. The molecule has 0 radical (unpaired) electrons. The van der Waals surface area contributed by atoms with Crippen molar-refractivity contribution in [1.29, 1.82) is 0 Å². The summed E-state index contributed by atoms with van der Waals surface area (Å²) in [5.74, 6) is 0.423. The van der Waals surface area contributed by atoms with E-state index in [1.54, 1.807) is 24.3 Å². The molecular formula is C14H22ClNO2S. The van der Waals surface area contributed by atoms with E-state index in [0.717, 1.165) is 6.54 Å². The number of benzene rings is 1. The maximum Gasteiger partial charge on any atom is 0.156 e. The predicted molar refractivity (Wildman–Crippen MR) is 81.2 cm³/mol. The highest BCUT2D eigenvalue weighted by molar-refractivity contribution is 7.90. The van der Waals surface area contributed by atoms with Crippen LogP contribution in [0.15, 0.2) is 24.3 Å². The third kappa shape index (κ3) is 5.51. The summed E-state index contributed by atoms with van der Waals surface area (Å²) in [6, 6.07) is 7.07. The molecular weight excluding hydrogens is 282 g/mol. The summed E-state index contributed by atoms with van der Waals surface area (Å²) in [5, 5.41) is 3.74. The molecule has 0 aromatic heterocycles. The summed E-state index contributed by atoms with van der Waals surface area (Å²) >= 11 is 6.01. The number of nitrogens with one attached hydrogen (secondary N) is 1. The van der Waals surface area contributed by atoms with Gasteiger partial charge in [0.2, 0.25) is 0 Å². The van der Waals surface area contributed by atoms with Gasteiger partial charge in [-0.05, 0) is 24.1 Å². The van der Waals surface area contributed by atoms with E-state index >= 15 is 0 Å². The fourth-order valence-electron chi connectivity index (χ4n) is 1.93. The van der Waals surface area contributed by atoms with E-state index in [4.69, 9.17) is 11.6 Å². The normalized spacial score (nSPS) is 13.7. The zero-order chi connectivity index (χ0) is 14.5. The van der Waals surface area contributed by atoms with Crippen molar-refractivity contribution in [3.8, 4) is 0 Å².